The van der Waals surface area contributed by atoms with Gasteiger partial charge in [0.1, 0.15) is 36.1 Å². The number of nitrogens with zero attached hydrogens (tertiary/aromatic N) is 1. The molecule has 3 fully saturated rings. The van der Waals surface area contributed by atoms with Gasteiger partial charge in [0.2, 0.25) is 0 Å². The summed E-state index contributed by atoms with van der Waals surface area (Å²) in [7, 11) is 4.19. The van der Waals surface area contributed by atoms with Crippen LogP contribution in [0.2, 0.25) is 0 Å². The van der Waals surface area contributed by atoms with Crippen LogP contribution in [-0.4, -0.2) is 114 Å². The van der Waals surface area contributed by atoms with Crippen molar-refractivity contribution in [3.63, 3.8) is 0 Å². The van der Waals surface area contributed by atoms with Crippen molar-refractivity contribution < 1.29 is 57.9 Å². The van der Waals surface area contributed by atoms with Crippen LogP contribution in [0.5, 0.6) is 0 Å². The quantitative estimate of drug-likeness (QED) is 0.351. The molecule has 4 aliphatic rings. The van der Waals surface area contributed by atoms with E-state index in [0.29, 0.717) is 0 Å². The zero-order chi connectivity index (χ0) is 34.1. The average molecular weight is 644 g/mol. The number of esters is 2. The van der Waals surface area contributed by atoms with E-state index in [-0.39, 0.29) is 29.7 Å². The fourth-order valence-electron chi connectivity index (χ4n) is 8.18. The Morgan fingerprint density at radius 1 is 1.04 bits per heavy atom. The van der Waals surface area contributed by atoms with Crippen LogP contribution in [0.25, 0.3) is 0 Å². The third-order valence-corrected chi connectivity index (χ3v) is 10.6. The first-order chi connectivity index (χ1) is 21.4. The van der Waals surface area contributed by atoms with Gasteiger partial charge in [0.15, 0.2) is 17.2 Å². The lowest BCUT2D eigenvalue weighted by Crippen LogP contribution is -2.83. The summed E-state index contributed by atoms with van der Waals surface area (Å²) in [5.41, 5.74) is -7.78. The van der Waals surface area contributed by atoms with Crippen LogP contribution in [0.3, 0.4) is 0 Å². The molecule has 0 radical (unpaired) electrons. The molecule has 0 aromatic heterocycles. The SMILES string of the molecule is CO[C@H]1C(=O)[C@]2(C)[C@@H](OC(=O)N(C)C)C[C@H]3OC[C@@]3(OC(C)=O)[C@H]2[C@H](OC(=O)c2ccccc2)[C@]2(O)[C@@H](O)C(=O)C(C)=C1C2(C)C. The second kappa shape index (κ2) is 11.3. The Balaban J connectivity index is 1.88. The number of amides is 1. The number of rotatable bonds is 5. The van der Waals surface area contributed by atoms with Crippen molar-refractivity contribution in [2.75, 3.05) is 27.8 Å². The van der Waals surface area contributed by atoms with E-state index in [4.69, 9.17) is 23.7 Å². The van der Waals surface area contributed by atoms with E-state index < -0.39 is 88.1 Å². The minimum Gasteiger partial charge on any atom is -0.455 e. The molecule has 9 atom stereocenters. The van der Waals surface area contributed by atoms with Crippen LogP contribution < -0.4 is 0 Å². The molecule has 250 valence electrons. The summed E-state index contributed by atoms with van der Waals surface area (Å²) in [5.74, 6) is -4.79. The van der Waals surface area contributed by atoms with Gasteiger partial charge >= 0.3 is 18.0 Å². The number of benzene rings is 1. The number of Topliss-reactive ketones (excluding diaryl/α,β-unsaturated/α-hetero) is 2. The lowest BCUT2D eigenvalue weighted by Gasteiger charge is -2.67. The first kappa shape index (κ1) is 33.7. The van der Waals surface area contributed by atoms with Crippen LogP contribution in [0.1, 0.15) is 51.4 Å². The number of hydrogen-bond donors (Lipinski definition) is 2. The first-order valence-electron chi connectivity index (χ1n) is 15.1. The topological polar surface area (TPSA) is 175 Å². The highest BCUT2D eigenvalue weighted by Crippen LogP contribution is 2.64. The molecule has 1 heterocycles. The molecule has 1 aliphatic heterocycles. The van der Waals surface area contributed by atoms with E-state index in [0.717, 1.165) is 6.92 Å². The molecular formula is C33H41NO12. The molecule has 1 aromatic carbocycles. The van der Waals surface area contributed by atoms with Gasteiger partial charge < -0.3 is 38.8 Å². The van der Waals surface area contributed by atoms with Gasteiger partial charge in [0, 0.05) is 40.0 Å². The Hall–Kier alpha value is -3.65. The maximum absolute atomic E-state index is 15.1. The molecule has 13 nitrogen and oxygen atoms in total. The fourth-order valence-corrected chi connectivity index (χ4v) is 8.18. The molecule has 3 aliphatic carbocycles. The number of aliphatic hydroxyl groups excluding tert-OH is 1. The van der Waals surface area contributed by atoms with Crippen LogP contribution in [0.4, 0.5) is 4.79 Å². The van der Waals surface area contributed by atoms with Crippen molar-refractivity contribution in [1.82, 2.24) is 4.90 Å². The minimum absolute atomic E-state index is 0.00485. The summed E-state index contributed by atoms with van der Waals surface area (Å²) in [6.45, 7) is 6.82. The highest BCUT2D eigenvalue weighted by Gasteiger charge is 2.80. The summed E-state index contributed by atoms with van der Waals surface area (Å²) >= 11 is 0. The van der Waals surface area contributed by atoms with Gasteiger partial charge in [-0.1, -0.05) is 32.0 Å². The third kappa shape index (κ3) is 4.46. The van der Waals surface area contributed by atoms with Crippen molar-refractivity contribution >= 4 is 29.6 Å². The Kier molecular flexibility index (Phi) is 8.24. The first-order valence-corrected chi connectivity index (χ1v) is 15.1. The molecule has 5 rings (SSSR count). The van der Waals surface area contributed by atoms with Gasteiger partial charge in [0.25, 0.3) is 0 Å². The van der Waals surface area contributed by atoms with Gasteiger partial charge in [-0.2, -0.15) is 0 Å². The van der Waals surface area contributed by atoms with Crippen LogP contribution in [-0.2, 0) is 38.1 Å². The van der Waals surface area contributed by atoms with Crippen molar-refractivity contribution in [2.24, 2.45) is 16.7 Å². The molecule has 2 N–H and O–H groups in total. The van der Waals surface area contributed by atoms with E-state index in [1.54, 1.807) is 18.2 Å². The standard InChI is InChI=1S/C33H41NO12/c1-16-21-23(42-8)26(38)31(5)19(44-29(40)34(6)7)14-20-32(15-43-20,46-17(2)35)24(31)27(45-28(39)18-12-10-9-11-13-18)33(41,30(21,3)4)25(37)22(16)36/h9-13,19-20,23-25,27,37,41H,14-15H2,1-8H3/t19-,20+,23+,24-,25-,27-,31+,32-,33+/m0/s1. The second-order valence-electron chi connectivity index (χ2n) is 13.5. The van der Waals surface area contributed by atoms with Gasteiger partial charge in [0.05, 0.1) is 23.5 Å². The molecule has 2 saturated carbocycles. The molecule has 13 heteroatoms. The molecular weight excluding hydrogens is 602 g/mol. The van der Waals surface area contributed by atoms with Crippen molar-refractivity contribution in [3.8, 4) is 0 Å². The molecule has 1 aromatic rings. The van der Waals surface area contributed by atoms with Gasteiger partial charge in [-0.25, -0.2) is 9.59 Å². The van der Waals surface area contributed by atoms with Gasteiger partial charge in [-0.15, -0.1) is 0 Å². The summed E-state index contributed by atoms with van der Waals surface area (Å²) in [4.78, 5) is 69.8. The predicted octanol–water partition coefficient (Wildman–Crippen LogP) is 1.62. The van der Waals surface area contributed by atoms with Crippen molar-refractivity contribution in [2.45, 2.75) is 82.8 Å². The maximum atomic E-state index is 15.1. The van der Waals surface area contributed by atoms with Crippen LogP contribution in [0, 0.1) is 16.7 Å². The Labute approximate surface area is 266 Å². The Bertz CT molecular complexity index is 1500. The van der Waals surface area contributed by atoms with E-state index in [1.807, 2.05) is 0 Å². The lowest BCUT2D eigenvalue weighted by molar-refractivity contribution is -0.348. The van der Waals surface area contributed by atoms with E-state index in [9.17, 15) is 29.4 Å². The number of aliphatic hydroxyl groups is 2. The highest BCUT2D eigenvalue weighted by atomic mass is 16.6. The monoisotopic (exact) mass is 643 g/mol. The summed E-state index contributed by atoms with van der Waals surface area (Å²) in [6.07, 6.45) is -8.73. The molecule has 0 unspecified atom stereocenters. The Morgan fingerprint density at radius 2 is 1.67 bits per heavy atom. The van der Waals surface area contributed by atoms with Gasteiger partial charge in [-0.05, 0) is 37.1 Å². The largest absolute Gasteiger partial charge is 0.455 e. The summed E-state index contributed by atoms with van der Waals surface area (Å²) < 4.78 is 29.8. The second-order valence-corrected chi connectivity index (χ2v) is 13.5. The van der Waals surface area contributed by atoms with Crippen LogP contribution >= 0.6 is 0 Å². The highest BCUT2D eigenvalue weighted by molar-refractivity contribution is 6.05. The van der Waals surface area contributed by atoms with E-state index in [1.165, 1.54) is 65.9 Å². The van der Waals surface area contributed by atoms with Crippen molar-refractivity contribution in [3.05, 3.63) is 47.0 Å². The van der Waals surface area contributed by atoms with Gasteiger partial charge in [-0.3, -0.25) is 14.4 Å². The number of ketones is 2. The third-order valence-electron chi connectivity index (χ3n) is 10.6. The van der Waals surface area contributed by atoms with Crippen molar-refractivity contribution in [1.29, 1.82) is 0 Å². The molecule has 0 spiro atoms. The number of fused-ring (bicyclic) bond motifs is 5. The zero-order valence-corrected chi connectivity index (χ0v) is 27.2. The molecule has 1 saturated heterocycles. The number of methoxy groups -OCH3 is 1. The average Bonchev–Trinajstić information content (AvgIpc) is 3.00. The number of carbonyl (C=O) groups excluding carboxylic acids is 5. The molecule has 2 bridgehead atoms. The lowest BCUT2D eigenvalue weighted by atomic mass is 9.44. The molecule has 46 heavy (non-hydrogen) atoms. The smallest absolute Gasteiger partial charge is 0.409 e. The fraction of sp³-hybridized carbons (Fsp3) is 0.606. The zero-order valence-electron chi connectivity index (χ0n) is 27.2. The van der Waals surface area contributed by atoms with E-state index >= 15 is 4.79 Å². The van der Waals surface area contributed by atoms with E-state index in [2.05, 4.69) is 0 Å². The normalized spacial score (nSPS) is 37.9. The number of ether oxygens (including phenoxy) is 5. The number of hydrogen-bond acceptors (Lipinski definition) is 12. The van der Waals surface area contributed by atoms with Crippen LogP contribution in [0.15, 0.2) is 41.5 Å². The summed E-state index contributed by atoms with van der Waals surface area (Å²) in [5, 5.41) is 24.7. The Morgan fingerprint density at radius 3 is 2.20 bits per heavy atom. The minimum atomic E-state index is -2.63. The maximum Gasteiger partial charge on any atom is 0.409 e. The number of carbonyl (C=O) groups is 5. The molecule has 1 amide bonds. The predicted molar refractivity (Wildman–Crippen MR) is 158 cm³/mol. The summed E-state index contributed by atoms with van der Waals surface area (Å²) in [6, 6.07) is 7.83.